The van der Waals surface area contributed by atoms with Crippen LogP contribution in [0.15, 0.2) is 66.7 Å². The van der Waals surface area contributed by atoms with Gasteiger partial charge in [0.2, 0.25) is 0 Å². The Morgan fingerprint density at radius 3 is 2.00 bits per heavy atom. The van der Waals surface area contributed by atoms with Crippen molar-refractivity contribution in [1.29, 1.82) is 0 Å². The molecule has 3 aromatic rings. The Kier molecular flexibility index (Phi) is 8.12. The van der Waals surface area contributed by atoms with Crippen molar-refractivity contribution in [1.82, 2.24) is 0 Å². The van der Waals surface area contributed by atoms with Gasteiger partial charge in [0.1, 0.15) is 5.75 Å². The minimum absolute atomic E-state index is 0.170. The van der Waals surface area contributed by atoms with Crippen molar-refractivity contribution in [2.24, 2.45) is 0 Å². The number of carbonyl (C=O) groups excluding carboxylic acids is 2. The summed E-state index contributed by atoms with van der Waals surface area (Å²) in [6.07, 6.45) is 0. The zero-order chi connectivity index (χ0) is 24.0. The van der Waals surface area contributed by atoms with E-state index in [9.17, 15) is 9.59 Å². The summed E-state index contributed by atoms with van der Waals surface area (Å²) in [5.41, 5.74) is 4.14. The molecule has 6 heteroatoms. The highest BCUT2D eigenvalue weighted by atomic mass is 35.5. The number of amides is 2. The van der Waals surface area contributed by atoms with Crippen molar-refractivity contribution in [3.8, 4) is 5.75 Å². The van der Waals surface area contributed by atoms with Crippen LogP contribution < -0.4 is 15.4 Å². The molecule has 0 aromatic heterocycles. The molecular weight excluding hydrogens is 436 g/mol. The second kappa shape index (κ2) is 11.0. The number of anilines is 2. The first-order valence-electron chi connectivity index (χ1n) is 11.0. The Morgan fingerprint density at radius 1 is 0.818 bits per heavy atom. The molecule has 0 radical (unpaired) electrons. The normalized spacial score (nSPS) is 10.9. The van der Waals surface area contributed by atoms with Gasteiger partial charge >= 0.3 is 0 Å². The molecule has 0 aliphatic heterocycles. The van der Waals surface area contributed by atoms with Crippen LogP contribution in [-0.2, 0) is 4.79 Å². The Labute approximate surface area is 200 Å². The molecule has 0 aliphatic carbocycles. The largest absolute Gasteiger partial charge is 0.484 e. The minimum atomic E-state index is -0.323. The maximum absolute atomic E-state index is 12.9. The molecule has 0 saturated carbocycles. The topological polar surface area (TPSA) is 67.4 Å². The SMILES string of the molecule is CC(C)c1cccc(C(C)C)c1NC(=O)c1ccc(OCC(=O)Nc2ccccc2Cl)cc1. The van der Waals surface area contributed by atoms with Gasteiger partial charge in [0.05, 0.1) is 10.7 Å². The van der Waals surface area contributed by atoms with Gasteiger partial charge in [-0.25, -0.2) is 0 Å². The van der Waals surface area contributed by atoms with E-state index in [0.717, 1.165) is 16.8 Å². The summed E-state index contributed by atoms with van der Waals surface area (Å²) in [5.74, 6) is 0.550. The van der Waals surface area contributed by atoms with Gasteiger partial charge in [-0.05, 0) is 59.4 Å². The number of halogens is 1. The summed E-state index contributed by atoms with van der Waals surface area (Å²) in [6, 6.07) is 19.9. The van der Waals surface area contributed by atoms with E-state index < -0.39 is 0 Å². The highest BCUT2D eigenvalue weighted by molar-refractivity contribution is 6.33. The molecule has 3 rings (SSSR count). The third kappa shape index (κ3) is 6.36. The van der Waals surface area contributed by atoms with Gasteiger partial charge in [0.15, 0.2) is 6.61 Å². The van der Waals surface area contributed by atoms with Gasteiger partial charge in [-0.15, -0.1) is 0 Å². The van der Waals surface area contributed by atoms with Gasteiger partial charge in [0.25, 0.3) is 11.8 Å². The summed E-state index contributed by atoms with van der Waals surface area (Å²) in [7, 11) is 0. The highest BCUT2D eigenvalue weighted by Crippen LogP contribution is 2.32. The van der Waals surface area contributed by atoms with Crippen molar-refractivity contribution < 1.29 is 14.3 Å². The van der Waals surface area contributed by atoms with E-state index in [1.807, 2.05) is 6.07 Å². The van der Waals surface area contributed by atoms with Crippen molar-refractivity contribution in [2.45, 2.75) is 39.5 Å². The number of nitrogens with one attached hydrogen (secondary N) is 2. The fourth-order valence-corrected chi connectivity index (χ4v) is 3.66. The van der Waals surface area contributed by atoms with Crippen molar-refractivity contribution in [2.75, 3.05) is 17.2 Å². The number of para-hydroxylation sites is 2. The van der Waals surface area contributed by atoms with Gasteiger partial charge in [-0.2, -0.15) is 0 Å². The molecule has 2 N–H and O–H groups in total. The molecular formula is C27H29ClN2O3. The van der Waals surface area contributed by atoms with Crippen LogP contribution in [0.1, 0.15) is 61.0 Å². The van der Waals surface area contributed by atoms with Crippen LogP contribution in [0.2, 0.25) is 5.02 Å². The number of carbonyl (C=O) groups is 2. The molecule has 0 aliphatic rings. The first kappa shape index (κ1) is 24.3. The Balaban J connectivity index is 1.64. The third-order valence-corrected chi connectivity index (χ3v) is 5.58. The summed E-state index contributed by atoms with van der Waals surface area (Å²) < 4.78 is 5.55. The number of hydrogen-bond acceptors (Lipinski definition) is 3. The lowest BCUT2D eigenvalue weighted by molar-refractivity contribution is -0.118. The summed E-state index contributed by atoms with van der Waals surface area (Å²) in [6.45, 7) is 8.29. The van der Waals surface area contributed by atoms with Gasteiger partial charge in [-0.3, -0.25) is 9.59 Å². The van der Waals surface area contributed by atoms with Gasteiger partial charge in [0, 0.05) is 11.3 Å². The minimum Gasteiger partial charge on any atom is -0.484 e. The van der Waals surface area contributed by atoms with Crippen LogP contribution >= 0.6 is 11.6 Å². The average molecular weight is 465 g/mol. The van der Waals surface area contributed by atoms with E-state index in [2.05, 4.69) is 50.5 Å². The molecule has 0 unspecified atom stereocenters. The lowest BCUT2D eigenvalue weighted by Crippen LogP contribution is -2.20. The first-order chi connectivity index (χ1) is 15.8. The smallest absolute Gasteiger partial charge is 0.262 e. The van der Waals surface area contributed by atoms with Gasteiger partial charge < -0.3 is 15.4 Å². The standard InChI is InChI=1S/C27H29ClN2O3/c1-17(2)21-8-7-9-22(18(3)4)26(21)30-27(32)19-12-14-20(15-13-19)33-16-25(31)29-24-11-6-5-10-23(24)28/h5-15,17-18H,16H2,1-4H3,(H,29,31)(H,30,32). The van der Waals surface area contributed by atoms with E-state index in [1.54, 1.807) is 48.5 Å². The van der Waals surface area contributed by atoms with E-state index in [0.29, 0.717) is 22.0 Å². The third-order valence-electron chi connectivity index (χ3n) is 5.25. The zero-order valence-electron chi connectivity index (χ0n) is 19.3. The van der Waals surface area contributed by atoms with Crippen LogP contribution in [0.25, 0.3) is 0 Å². The van der Waals surface area contributed by atoms with E-state index in [1.165, 1.54) is 0 Å². The maximum atomic E-state index is 12.9. The predicted molar refractivity (Wildman–Crippen MR) is 135 cm³/mol. The molecule has 0 saturated heterocycles. The first-order valence-corrected chi connectivity index (χ1v) is 11.4. The van der Waals surface area contributed by atoms with Crippen molar-refractivity contribution in [3.63, 3.8) is 0 Å². The second-order valence-corrected chi connectivity index (χ2v) is 8.82. The lowest BCUT2D eigenvalue weighted by atomic mass is 9.92. The van der Waals surface area contributed by atoms with E-state index in [-0.39, 0.29) is 30.3 Å². The van der Waals surface area contributed by atoms with Gasteiger partial charge in [-0.1, -0.05) is 69.6 Å². The number of ether oxygens (including phenoxy) is 1. The number of hydrogen-bond donors (Lipinski definition) is 2. The molecule has 2 amide bonds. The maximum Gasteiger partial charge on any atom is 0.262 e. The van der Waals surface area contributed by atoms with Crippen LogP contribution in [0.3, 0.4) is 0 Å². The molecule has 3 aromatic carbocycles. The Bertz CT molecular complexity index is 1100. The zero-order valence-corrected chi connectivity index (χ0v) is 20.1. The van der Waals surface area contributed by atoms with Crippen LogP contribution in [-0.4, -0.2) is 18.4 Å². The fourth-order valence-electron chi connectivity index (χ4n) is 3.48. The van der Waals surface area contributed by atoms with Crippen LogP contribution in [0.5, 0.6) is 5.75 Å². The van der Waals surface area contributed by atoms with Crippen LogP contribution in [0.4, 0.5) is 11.4 Å². The van der Waals surface area contributed by atoms with Crippen molar-refractivity contribution in [3.05, 3.63) is 88.4 Å². The molecule has 0 heterocycles. The second-order valence-electron chi connectivity index (χ2n) is 8.42. The van der Waals surface area contributed by atoms with Crippen LogP contribution in [0, 0.1) is 0 Å². The molecule has 0 atom stereocenters. The summed E-state index contributed by atoms with van der Waals surface area (Å²) >= 11 is 6.05. The predicted octanol–water partition coefficient (Wildman–Crippen LogP) is 6.86. The molecule has 172 valence electrons. The Morgan fingerprint density at radius 2 is 1.42 bits per heavy atom. The molecule has 0 bridgehead atoms. The van der Waals surface area contributed by atoms with Crippen molar-refractivity contribution >= 4 is 34.8 Å². The lowest BCUT2D eigenvalue weighted by Gasteiger charge is -2.20. The highest BCUT2D eigenvalue weighted by Gasteiger charge is 2.17. The molecule has 5 nitrogen and oxygen atoms in total. The van der Waals surface area contributed by atoms with E-state index >= 15 is 0 Å². The summed E-state index contributed by atoms with van der Waals surface area (Å²) in [5, 5.41) is 6.27. The monoisotopic (exact) mass is 464 g/mol. The fraction of sp³-hybridized carbons (Fsp3) is 0.259. The average Bonchev–Trinajstić information content (AvgIpc) is 2.79. The Hall–Kier alpha value is -3.31. The number of benzene rings is 3. The number of rotatable bonds is 8. The quantitative estimate of drug-likeness (QED) is 0.382. The van der Waals surface area contributed by atoms with E-state index in [4.69, 9.17) is 16.3 Å². The molecule has 0 spiro atoms. The molecule has 0 fully saturated rings. The summed E-state index contributed by atoms with van der Waals surface area (Å²) in [4.78, 5) is 25.1. The molecule has 33 heavy (non-hydrogen) atoms.